The van der Waals surface area contributed by atoms with Crippen molar-refractivity contribution in [1.29, 1.82) is 0 Å². The molecule has 0 aliphatic carbocycles. The smallest absolute Gasteiger partial charge is 0.204 e. The van der Waals surface area contributed by atoms with Crippen LogP contribution in [-0.2, 0) is 0 Å². The van der Waals surface area contributed by atoms with Crippen molar-refractivity contribution in [3.63, 3.8) is 0 Å². The van der Waals surface area contributed by atoms with E-state index in [4.69, 9.17) is 7.16 Å². The van der Waals surface area contributed by atoms with Crippen LogP contribution in [0.2, 0.25) is 0 Å². The number of aromatic hydroxyl groups is 3. The highest BCUT2D eigenvalue weighted by atomic mass is 16.3. The van der Waals surface area contributed by atoms with Crippen LogP contribution in [0.25, 0.3) is 22.1 Å². The number of hydrogen-bond acceptors (Lipinski definition) is 5. The van der Waals surface area contributed by atoms with Gasteiger partial charge >= 0.3 is 0 Å². The van der Waals surface area contributed by atoms with Crippen LogP contribution in [0.4, 0.5) is 0 Å². The second-order valence-corrected chi connectivity index (χ2v) is 4.20. The summed E-state index contributed by atoms with van der Waals surface area (Å²) >= 11 is 0. The van der Waals surface area contributed by atoms with Crippen molar-refractivity contribution < 1.29 is 22.5 Å². The number of fused-ring (bicyclic) bond motifs is 1. The van der Waals surface area contributed by atoms with E-state index in [9.17, 15) is 20.1 Å². The van der Waals surface area contributed by atoms with Crippen LogP contribution in [0.5, 0.6) is 17.2 Å². The first-order chi connectivity index (χ1) is 10.4. The van der Waals surface area contributed by atoms with Crippen molar-refractivity contribution in [1.82, 2.24) is 0 Å². The van der Waals surface area contributed by atoms with Gasteiger partial charge in [0.1, 0.15) is 34.5 Å². The Balaban J connectivity index is 2.34. The Bertz CT molecular complexity index is 939. The normalized spacial score (nSPS) is 12.2. The lowest BCUT2D eigenvalue weighted by Gasteiger charge is -2.05. The lowest BCUT2D eigenvalue weighted by molar-refractivity contribution is 0.452. The second-order valence-electron chi connectivity index (χ2n) is 4.20. The Morgan fingerprint density at radius 2 is 1.75 bits per heavy atom. The maximum absolute atomic E-state index is 12.5. The van der Waals surface area contributed by atoms with E-state index < -0.39 is 16.9 Å². The van der Waals surface area contributed by atoms with E-state index in [0.717, 1.165) is 12.3 Å². The zero-order chi connectivity index (χ0) is 16.0. The van der Waals surface area contributed by atoms with E-state index in [1.54, 1.807) is 0 Å². The van der Waals surface area contributed by atoms with Crippen molar-refractivity contribution in [2.45, 2.75) is 0 Å². The van der Waals surface area contributed by atoms with Gasteiger partial charge in [-0.2, -0.15) is 0 Å². The minimum absolute atomic E-state index is 0.0159. The van der Waals surface area contributed by atoms with Gasteiger partial charge in [-0.25, -0.2) is 0 Å². The largest absolute Gasteiger partial charge is 0.508 e. The monoisotopic (exact) mass is 272 g/mol. The number of phenolic OH excluding ortho intramolecular Hbond substituents is 3. The molecule has 5 nitrogen and oxygen atoms in total. The van der Waals surface area contributed by atoms with Crippen LogP contribution in [0.3, 0.4) is 0 Å². The molecule has 3 N–H and O–H groups in total. The third kappa shape index (κ3) is 1.85. The van der Waals surface area contributed by atoms with E-state index in [0.29, 0.717) is 0 Å². The summed E-state index contributed by atoms with van der Waals surface area (Å²) in [5.41, 5.74) is -0.295. The highest BCUT2D eigenvalue weighted by Crippen LogP contribution is 2.29. The first-order valence-electron chi connectivity index (χ1n) is 6.66. The van der Waals surface area contributed by atoms with E-state index in [1.807, 2.05) is 0 Å². The van der Waals surface area contributed by atoms with Gasteiger partial charge in [-0.1, -0.05) is 12.1 Å². The summed E-state index contributed by atoms with van der Waals surface area (Å²) in [5.74, 6) is -1.16. The highest BCUT2D eigenvalue weighted by Gasteiger charge is 2.13. The molecule has 0 saturated carbocycles. The van der Waals surface area contributed by atoms with Crippen molar-refractivity contribution in [2.24, 2.45) is 0 Å². The molecule has 0 unspecified atom stereocenters. The summed E-state index contributed by atoms with van der Waals surface area (Å²) in [5, 5.41) is 28.6. The molecule has 20 heavy (non-hydrogen) atoms. The minimum atomic E-state index is -0.566. The first-order valence-corrected chi connectivity index (χ1v) is 5.66. The zero-order valence-electron chi connectivity index (χ0n) is 12.0. The Hall–Kier alpha value is -2.95. The predicted molar refractivity (Wildman–Crippen MR) is 72.9 cm³/mol. The van der Waals surface area contributed by atoms with Gasteiger partial charge in [-0.15, -0.1) is 0 Å². The third-order valence-corrected chi connectivity index (χ3v) is 2.88. The maximum atomic E-state index is 12.5. The van der Waals surface area contributed by atoms with Gasteiger partial charge in [-0.3, -0.25) is 4.79 Å². The summed E-state index contributed by atoms with van der Waals surface area (Å²) in [4.78, 5) is 12.5. The Morgan fingerprint density at radius 3 is 2.45 bits per heavy atom. The highest BCUT2D eigenvalue weighted by molar-refractivity contribution is 5.87. The van der Waals surface area contributed by atoms with Crippen molar-refractivity contribution in [3.8, 4) is 28.4 Å². The minimum Gasteiger partial charge on any atom is -0.508 e. The molecule has 0 atom stereocenters. The number of rotatable bonds is 1. The lowest BCUT2D eigenvalue weighted by Crippen LogP contribution is -2.04. The molecule has 100 valence electrons. The van der Waals surface area contributed by atoms with Gasteiger partial charge in [0.05, 0.1) is 8.30 Å². The quantitative estimate of drug-likeness (QED) is 0.633. The summed E-state index contributed by atoms with van der Waals surface area (Å²) in [6, 6.07) is 4.08. The summed E-state index contributed by atoms with van der Waals surface area (Å²) in [7, 11) is 0. The molecule has 0 radical (unpaired) electrons. The molecule has 0 spiro atoms. The predicted octanol–water partition coefficient (Wildman–Crippen LogP) is 2.58. The van der Waals surface area contributed by atoms with Crippen LogP contribution >= 0.6 is 0 Å². The molecule has 5 heteroatoms. The van der Waals surface area contributed by atoms with Crippen molar-refractivity contribution in [2.75, 3.05) is 0 Å². The molecular weight excluding hydrogens is 260 g/mol. The fourth-order valence-electron chi connectivity index (χ4n) is 1.95. The molecule has 0 bridgehead atoms. The molecular formula is C15H10O5. The topological polar surface area (TPSA) is 90.9 Å². The molecule has 0 saturated heterocycles. The molecule has 0 aliphatic heterocycles. The molecule has 2 aromatic carbocycles. The van der Waals surface area contributed by atoms with Gasteiger partial charge in [0.25, 0.3) is 0 Å². The third-order valence-electron chi connectivity index (χ3n) is 2.88. The van der Waals surface area contributed by atoms with E-state index in [1.165, 1.54) is 18.2 Å². The second kappa shape index (κ2) is 4.31. The lowest BCUT2D eigenvalue weighted by atomic mass is 10.0. The Labute approximate surface area is 115 Å². The Morgan fingerprint density at radius 1 is 1.05 bits per heavy atom. The van der Waals surface area contributed by atoms with Gasteiger partial charge in [0.15, 0.2) is 0 Å². The summed E-state index contributed by atoms with van der Waals surface area (Å²) in [6.07, 6.45) is 1.12. The van der Waals surface area contributed by atoms with Crippen LogP contribution in [0, 0.1) is 0 Å². The summed E-state index contributed by atoms with van der Waals surface area (Å²) in [6.45, 7) is 0. The fraction of sp³-hybridized carbons (Fsp3) is 0. The van der Waals surface area contributed by atoms with Crippen molar-refractivity contribution in [3.05, 3.63) is 52.8 Å². The first kappa shape index (κ1) is 9.91. The van der Waals surface area contributed by atoms with Crippen LogP contribution in [0.15, 0.2) is 51.8 Å². The van der Waals surface area contributed by atoms with Gasteiger partial charge in [0, 0.05) is 12.1 Å². The van der Waals surface area contributed by atoms with Crippen LogP contribution in [0.1, 0.15) is 2.74 Å². The standard InChI is InChI=1S/C15H10O5/c16-9-3-1-8(2-4-9)11-7-20-13-6-10(17)5-12(18)14(13)15(11)19/h1-7,16-18H/i3D,4D. The van der Waals surface area contributed by atoms with Gasteiger partial charge < -0.3 is 19.7 Å². The average molecular weight is 272 g/mol. The molecule has 1 aromatic heterocycles. The average Bonchev–Trinajstić information content (AvgIpc) is 2.43. The molecule has 3 aromatic rings. The summed E-state index contributed by atoms with van der Waals surface area (Å²) < 4.78 is 20.4. The van der Waals surface area contributed by atoms with E-state index >= 15 is 0 Å². The van der Waals surface area contributed by atoms with Gasteiger partial charge in [-0.05, 0) is 17.6 Å². The number of phenols is 3. The van der Waals surface area contributed by atoms with Crippen LogP contribution < -0.4 is 5.43 Å². The molecule has 1 heterocycles. The number of hydrogen-bond donors (Lipinski definition) is 3. The fourth-order valence-corrected chi connectivity index (χ4v) is 1.95. The Kier molecular flexibility index (Phi) is 2.13. The van der Waals surface area contributed by atoms with E-state index in [-0.39, 0.29) is 39.9 Å². The van der Waals surface area contributed by atoms with E-state index in [2.05, 4.69) is 0 Å². The number of benzene rings is 2. The molecule has 0 aliphatic rings. The molecule has 0 amide bonds. The molecule has 0 fully saturated rings. The maximum Gasteiger partial charge on any atom is 0.204 e. The molecule has 3 rings (SSSR count). The van der Waals surface area contributed by atoms with Crippen LogP contribution in [-0.4, -0.2) is 15.3 Å². The van der Waals surface area contributed by atoms with Gasteiger partial charge in [0.2, 0.25) is 5.43 Å². The zero-order valence-corrected chi connectivity index (χ0v) is 10.0. The van der Waals surface area contributed by atoms with Crippen molar-refractivity contribution >= 4 is 11.0 Å². The SMILES string of the molecule is [2H]c1cc(-c2coc3cc(O)cc(O)c3c2=O)cc([2H])c1O.